The number of nitrogens with zero attached hydrogens (tertiary/aromatic N) is 3. The molecule has 4 rings (SSSR count). The second-order valence-electron chi connectivity index (χ2n) is 7.79. The van der Waals surface area contributed by atoms with Crippen LogP contribution in [0.4, 0.5) is 20.7 Å². The number of H-pyrrole nitrogens is 1. The van der Waals surface area contributed by atoms with Crippen molar-refractivity contribution in [3.63, 3.8) is 0 Å². The zero-order valence-corrected chi connectivity index (χ0v) is 16.3. The molecule has 7 nitrogen and oxygen atoms in total. The average Bonchev–Trinajstić information content (AvgIpc) is 3.29. The number of aromatic amines is 1. The van der Waals surface area contributed by atoms with Crippen molar-refractivity contribution in [3.8, 4) is 5.69 Å². The molecule has 8 heteroatoms. The van der Waals surface area contributed by atoms with E-state index in [1.807, 2.05) is 22.8 Å². The number of rotatable bonds is 3. The highest BCUT2D eigenvalue weighted by molar-refractivity contribution is 5.99. The first-order valence-corrected chi connectivity index (χ1v) is 9.16. The first-order valence-electron chi connectivity index (χ1n) is 9.16. The molecule has 2 aromatic carbocycles. The number of aromatic nitrogens is 4. The Morgan fingerprint density at radius 1 is 1.07 bits per heavy atom. The number of carbonyl (C=O) groups excluding carboxylic acids is 1. The van der Waals surface area contributed by atoms with Crippen molar-refractivity contribution in [2.75, 3.05) is 10.6 Å². The Kier molecular flexibility index (Phi) is 4.54. The van der Waals surface area contributed by atoms with Crippen LogP contribution in [-0.2, 0) is 5.41 Å². The summed E-state index contributed by atoms with van der Waals surface area (Å²) < 4.78 is 15.2. The Morgan fingerprint density at radius 2 is 1.83 bits per heavy atom. The summed E-state index contributed by atoms with van der Waals surface area (Å²) in [7, 11) is 0. The maximum atomic E-state index is 13.3. The highest BCUT2D eigenvalue weighted by Crippen LogP contribution is 2.23. The average molecular weight is 392 g/mol. The Bertz CT molecular complexity index is 1170. The maximum absolute atomic E-state index is 13.3. The molecular weight excluding hydrogens is 371 g/mol. The van der Waals surface area contributed by atoms with Gasteiger partial charge in [0.1, 0.15) is 18.0 Å². The highest BCUT2D eigenvalue weighted by atomic mass is 19.1. The fourth-order valence-electron chi connectivity index (χ4n) is 2.95. The van der Waals surface area contributed by atoms with Gasteiger partial charge in [0.05, 0.1) is 16.7 Å². The largest absolute Gasteiger partial charge is 0.324 e. The number of fused-ring (bicyclic) bond motifs is 1. The van der Waals surface area contributed by atoms with Crippen LogP contribution in [0, 0.1) is 5.82 Å². The number of amides is 2. The van der Waals surface area contributed by atoms with E-state index in [1.165, 1.54) is 12.1 Å². The van der Waals surface area contributed by atoms with Crippen LogP contribution in [0.1, 0.15) is 26.5 Å². The molecule has 0 aliphatic heterocycles. The van der Waals surface area contributed by atoms with E-state index in [1.54, 1.807) is 24.5 Å². The predicted octanol–water partition coefficient (Wildman–Crippen LogP) is 4.83. The van der Waals surface area contributed by atoms with Crippen molar-refractivity contribution in [1.29, 1.82) is 0 Å². The molecule has 4 aromatic rings. The number of nitrogens with one attached hydrogen (secondary N) is 3. The Morgan fingerprint density at radius 3 is 2.52 bits per heavy atom. The lowest BCUT2D eigenvalue weighted by Gasteiger charge is -2.13. The van der Waals surface area contributed by atoms with Gasteiger partial charge in [0.2, 0.25) is 0 Å². The molecule has 3 N–H and O–H groups in total. The predicted molar refractivity (Wildman–Crippen MR) is 111 cm³/mol. The topological polar surface area (TPSA) is 87.6 Å². The van der Waals surface area contributed by atoms with Crippen molar-refractivity contribution >= 4 is 28.6 Å². The van der Waals surface area contributed by atoms with Gasteiger partial charge in [0.25, 0.3) is 0 Å². The van der Waals surface area contributed by atoms with E-state index in [0.717, 1.165) is 16.9 Å². The summed E-state index contributed by atoms with van der Waals surface area (Å²) in [6.07, 6.45) is 1.64. The number of halogens is 1. The van der Waals surface area contributed by atoms with E-state index in [0.29, 0.717) is 17.0 Å². The van der Waals surface area contributed by atoms with Crippen LogP contribution in [0.15, 0.2) is 54.9 Å². The Balaban J connectivity index is 1.45. The number of urea groups is 1. The molecule has 0 atom stereocenters. The second kappa shape index (κ2) is 7.05. The van der Waals surface area contributed by atoms with Crippen molar-refractivity contribution in [3.05, 3.63) is 66.4 Å². The van der Waals surface area contributed by atoms with Gasteiger partial charge in [0, 0.05) is 28.9 Å². The third-order valence-corrected chi connectivity index (χ3v) is 4.51. The molecule has 148 valence electrons. The summed E-state index contributed by atoms with van der Waals surface area (Å²) in [4.78, 5) is 16.5. The van der Waals surface area contributed by atoms with Crippen LogP contribution in [0.5, 0.6) is 0 Å². The minimum atomic E-state index is -0.370. The fourth-order valence-corrected chi connectivity index (χ4v) is 2.95. The van der Waals surface area contributed by atoms with Gasteiger partial charge < -0.3 is 5.32 Å². The van der Waals surface area contributed by atoms with Gasteiger partial charge in [-0.3, -0.25) is 15.0 Å². The molecule has 2 amide bonds. The minimum absolute atomic E-state index is 0.105. The van der Waals surface area contributed by atoms with Crippen molar-refractivity contribution < 1.29 is 9.18 Å². The fraction of sp³-hybridized carbons (Fsp3) is 0.190. The molecule has 0 unspecified atom stereocenters. The third kappa shape index (κ3) is 3.96. The van der Waals surface area contributed by atoms with Gasteiger partial charge in [-0.05, 0) is 36.4 Å². The normalized spacial score (nSPS) is 11.6. The summed E-state index contributed by atoms with van der Waals surface area (Å²) in [6.45, 7) is 6.15. The maximum Gasteiger partial charge on any atom is 0.324 e. The summed E-state index contributed by atoms with van der Waals surface area (Å²) in [6, 6.07) is 13.2. The van der Waals surface area contributed by atoms with Crippen molar-refractivity contribution in [2.45, 2.75) is 26.2 Å². The molecule has 0 saturated carbocycles. The molecule has 0 saturated heterocycles. The smallest absolute Gasteiger partial charge is 0.308 e. The Hall–Kier alpha value is -3.68. The lowest BCUT2D eigenvalue weighted by atomic mass is 9.92. The van der Waals surface area contributed by atoms with Gasteiger partial charge in [0.15, 0.2) is 0 Å². The van der Waals surface area contributed by atoms with Gasteiger partial charge in [-0.15, -0.1) is 0 Å². The molecule has 29 heavy (non-hydrogen) atoms. The van der Waals surface area contributed by atoms with Crippen LogP contribution in [-0.4, -0.2) is 25.8 Å². The van der Waals surface area contributed by atoms with Crippen LogP contribution >= 0.6 is 0 Å². The summed E-state index contributed by atoms with van der Waals surface area (Å²) in [5.74, 6) is 0.210. The van der Waals surface area contributed by atoms with E-state index in [2.05, 4.69) is 46.6 Å². The van der Waals surface area contributed by atoms with Crippen LogP contribution in [0.3, 0.4) is 0 Å². The van der Waals surface area contributed by atoms with Crippen LogP contribution in [0.25, 0.3) is 16.7 Å². The lowest BCUT2D eigenvalue weighted by molar-refractivity contribution is 0.262. The number of imidazole rings is 1. The first kappa shape index (κ1) is 18.7. The summed E-state index contributed by atoms with van der Waals surface area (Å²) in [5, 5.41) is 12.6. The lowest BCUT2D eigenvalue weighted by Crippen LogP contribution is -2.19. The number of anilines is 2. The third-order valence-electron chi connectivity index (χ3n) is 4.51. The molecule has 0 aliphatic rings. The monoisotopic (exact) mass is 392 g/mol. The minimum Gasteiger partial charge on any atom is -0.308 e. The van der Waals surface area contributed by atoms with Crippen LogP contribution in [0.2, 0.25) is 0 Å². The highest BCUT2D eigenvalue weighted by Gasteiger charge is 2.18. The van der Waals surface area contributed by atoms with E-state index >= 15 is 0 Å². The molecule has 2 aromatic heterocycles. The summed E-state index contributed by atoms with van der Waals surface area (Å²) in [5.41, 5.74) is 3.64. The first-order chi connectivity index (χ1) is 13.8. The zero-order valence-electron chi connectivity index (χ0n) is 16.3. The van der Waals surface area contributed by atoms with Gasteiger partial charge in [-0.25, -0.2) is 14.2 Å². The number of carbonyl (C=O) groups is 1. The summed E-state index contributed by atoms with van der Waals surface area (Å²) >= 11 is 0. The number of hydrogen-bond acceptors (Lipinski definition) is 3. The molecule has 0 aliphatic carbocycles. The number of hydrogen-bond donors (Lipinski definition) is 3. The van der Waals surface area contributed by atoms with E-state index in [4.69, 9.17) is 0 Å². The molecule has 0 spiro atoms. The molecule has 0 bridgehead atoms. The Labute approximate surface area is 167 Å². The van der Waals surface area contributed by atoms with Crippen LogP contribution < -0.4 is 10.6 Å². The standard InChI is InChI=1S/C21H21FN6O/c1-21(2,3)18-11-19(27-26-18)25-20(29)24-14-5-7-15(8-6-14)28-12-23-16-10-13(22)4-9-17(16)28/h4-12H,1-3H3,(H3,24,25,26,27,29). The van der Waals surface area contributed by atoms with Gasteiger partial charge >= 0.3 is 6.03 Å². The molecule has 0 fully saturated rings. The van der Waals surface area contributed by atoms with Crippen molar-refractivity contribution in [1.82, 2.24) is 19.7 Å². The molecule has 2 heterocycles. The van der Waals surface area contributed by atoms with Crippen molar-refractivity contribution in [2.24, 2.45) is 0 Å². The van der Waals surface area contributed by atoms with E-state index < -0.39 is 0 Å². The SMILES string of the molecule is CC(C)(C)c1cc(NC(=O)Nc2ccc(-n3cnc4cc(F)ccc43)cc2)[nH]n1. The van der Waals surface area contributed by atoms with Gasteiger partial charge in [-0.2, -0.15) is 5.10 Å². The second-order valence-corrected chi connectivity index (χ2v) is 7.79. The van der Waals surface area contributed by atoms with E-state index in [-0.39, 0.29) is 17.3 Å². The quantitative estimate of drug-likeness (QED) is 0.467. The zero-order chi connectivity index (χ0) is 20.6. The molecule has 0 radical (unpaired) electrons. The van der Waals surface area contributed by atoms with Gasteiger partial charge in [-0.1, -0.05) is 20.8 Å². The molecular formula is C21H21FN6O. The number of benzene rings is 2. The van der Waals surface area contributed by atoms with E-state index in [9.17, 15) is 9.18 Å².